The van der Waals surface area contributed by atoms with E-state index in [9.17, 15) is 13.2 Å². The van der Waals surface area contributed by atoms with Crippen LogP contribution < -0.4 is 14.8 Å². The van der Waals surface area contributed by atoms with E-state index in [1.54, 1.807) is 24.3 Å². The van der Waals surface area contributed by atoms with Crippen molar-refractivity contribution in [3.05, 3.63) is 83.4 Å². The third-order valence-corrected chi connectivity index (χ3v) is 6.74. The highest BCUT2D eigenvalue weighted by atomic mass is 32.2. The van der Waals surface area contributed by atoms with Crippen LogP contribution in [0.15, 0.2) is 71.6 Å². The largest absolute Gasteiger partial charge is 0.483 e. The monoisotopic (exact) mass is 466 g/mol. The van der Waals surface area contributed by atoms with Gasteiger partial charge in [-0.15, -0.1) is 0 Å². The molecule has 0 unspecified atom stereocenters. The smallest absolute Gasteiger partial charge is 0.262 e. The number of hydrogen-bond donors (Lipinski definition) is 2. The maximum absolute atomic E-state index is 12.7. The molecule has 33 heavy (non-hydrogen) atoms. The van der Waals surface area contributed by atoms with Crippen molar-refractivity contribution >= 4 is 27.3 Å². The lowest BCUT2D eigenvalue weighted by molar-refractivity contribution is -0.118. The predicted molar refractivity (Wildman–Crippen MR) is 132 cm³/mol. The zero-order chi connectivity index (χ0) is 24.0. The minimum Gasteiger partial charge on any atom is -0.483 e. The highest BCUT2D eigenvalue weighted by Crippen LogP contribution is 2.28. The Bertz CT molecular complexity index is 1200. The summed E-state index contributed by atoms with van der Waals surface area (Å²) in [7, 11) is -3.74. The number of hydrogen-bond acceptors (Lipinski definition) is 4. The van der Waals surface area contributed by atoms with E-state index in [2.05, 4.69) is 23.9 Å². The number of anilines is 2. The fourth-order valence-electron chi connectivity index (χ4n) is 3.54. The molecule has 0 aromatic heterocycles. The lowest BCUT2D eigenvalue weighted by Gasteiger charge is -2.15. The van der Waals surface area contributed by atoms with Crippen LogP contribution in [0.2, 0.25) is 0 Å². The topological polar surface area (TPSA) is 84.5 Å². The number of nitrogens with one attached hydrogen (secondary N) is 2. The quantitative estimate of drug-likeness (QED) is 0.428. The number of carbonyl (C=O) groups excluding carboxylic acids is 1. The van der Waals surface area contributed by atoms with Gasteiger partial charge in [-0.05, 0) is 85.3 Å². The molecule has 0 saturated heterocycles. The van der Waals surface area contributed by atoms with E-state index in [1.807, 2.05) is 44.2 Å². The van der Waals surface area contributed by atoms with Crippen LogP contribution in [0.4, 0.5) is 11.4 Å². The number of aryl methyl sites for hydroxylation is 2. The van der Waals surface area contributed by atoms with Crippen LogP contribution in [0.25, 0.3) is 0 Å². The van der Waals surface area contributed by atoms with Crippen LogP contribution in [0.1, 0.15) is 42.9 Å². The first kappa shape index (κ1) is 24.3. The van der Waals surface area contributed by atoms with E-state index in [-0.39, 0.29) is 17.4 Å². The molecule has 7 heteroatoms. The van der Waals surface area contributed by atoms with Gasteiger partial charge in [-0.2, -0.15) is 0 Å². The van der Waals surface area contributed by atoms with E-state index in [1.165, 1.54) is 12.1 Å². The lowest BCUT2D eigenvalue weighted by Crippen LogP contribution is -2.20. The van der Waals surface area contributed by atoms with Crippen molar-refractivity contribution in [2.45, 2.75) is 44.9 Å². The van der Waals surface area contributed by atoms with Crippen molar-refractivity contribution in [2.24, 2.45) is 0 Å². The molecule has 0 aliphatic carbocycles. The molecule has 0 fully saturated rings. The van der Waals surface area contributed by atoms with Crippen LogP contribution in [0.5, 0.6) is 5.75 Å². The maximum Gasteiger partial charge on any atom is 0.262 e. The van der Waals surface area contributed by atoms with Crippen molar-refractivity contribution in [2.75, 3.05) is 16.6 Å². The van der Waals surface area contributed by atoms with Crippen LogP contribution in [-0.2, 0) is 14.8 Å². The van der Waals surface area contributed by atoms with Gasteiger partial charge >= 0.3 is 0 Å². The summed E-state index contributed by atoms with van der Waals surface area (Å²) in [4.78, 5) is 12.5. The summed E-state index contributed by atoms with van der Waals surface area (Å²) >= 11 is 0. The van der Waals surface area contributed by atoms with Gasteiger partial charge in [-0.25, -0.2) is 8.42 Å². The first-order valence-corrected chi connectivity index (χ1v) is 12.4. The SMILES string of the molecule is CC[C@H](C)c1ccccc1OCC(=O)Nc1ccc(S(=O)(=O)Nc2cc(C)cc(C)c2)cc1. The van der Waals surface area contributed by atoms with Crippen LogP contribution in [0, 0.1) is 13.8 Å². The van der Waals surface area contributed by atoms with Gasteiger partial charge in [-0.3, -0.25) is 9.52 Å². The molecular formula is C26H30N2O4S. The summed E-state index contributed by atoms with van der Waals surface area (Å²) in [6, 6.07) is 19.3. The molecule has 3 aromatic rings. The summed E-state index contributed by atoms with van der Waals surface area (Å²) in [5, 5.41) is 2.74. The molecule has 0 bridgehead atoms. The van der Waals surface area contributed by atoms with Crippen molar-refractivity contribution < 1.29 is 17.9 Å². The normalized spacial score (nSPS) is 12.1. The van der Waals surface area contributed by atoms with Gasteiger partial charge in [0.25, 0.3) is 15.9 Å². The van der Waals surface area contributed by atoms with E-state index >= 15 is 0 Å². The number of rotatable bonds is 9. The summed E-state index contributed by atoms with van der Waals surface area (Å²) < 4.78 is 33.8. The minimum absolute atomic E-state index is 0.110. The summed E-state index contributed by atoms with van der Waals surface area (Å²) in [5.74, 6) is 0.704. The van der Waals surface area contributed by atoms with Crippen molar-refractivity contribution in [1.82, 2.24) is 0 Å². The fourth-order valence-corrected chi connectivity index (χ4v) is 4.58. The van der Waals surface area contributed by atoms with Crippen LogP contribution in [0.3, 0.4) is 0 Å². The Hall–Kier alpha value is -3.32. The predicted octanol–water partition coefficient (Wildman–Crippen LogP) is 5.64. The average molecular weight is 467 g/mol. The first-order valence-electron chi connectivity index (χ1n) is 10.9. The van der Waals surface area contributed by atoms with E-state index in [0.29, 0.717) is 23.0 Å². The first-order chi connectivity index (χ1) is 15.7. The summed E-state index contributed by atoms with van der Waals surface area (Å²) in [5.41, 5.74) is 4.02. The Morgan fingerprint density at radius 1 is 0.939 bits per heavy atom. The molecule has 0 heterocycles. The second kappa shape index (κ2) is 10.5. The lowest BCUT2D eigenvalue weighted by atomic mass is 9.98. The van der Waals surface area contributed by atoms with Gasteiger partial charge in [-0.1, -0.05) is 38.1 Å². The molecule has 174 valence electrons. The van der Waals surface area contributed by atoms with Gasteiger partial charge in [0.05, 0.1) is 4.90 Å². The molecular weight excluding hydrogens is 436 g/mol. The van der Waals surface area contributed by atoms with Gasteiger partial charge in [0.2, 0.25) is 0 Å². The molecule has 0 aliphatic rings. The molecule has 1 amide bonds. The molecule has 6 nitrogen and oxygen atoms in total. The molecule has 0 saturated carbocycles. The molecule has 1 atom stereocenters. The van der Waals surface area contributed by atoms with Gasteiger partial charge in [0.1, 0.15) is 5.75 Å². The second-order valence-corrected chi connectivity index (χ2v) is 9.87. The Morgan fingerprint density at radius 3 is 2.21 bits per heavy atom. The Morgan fingerprint density at radius 2 is 1.58 bits per heavy atom. The summed E-state index contributed by atoms with van der Waals surface area (Å²) in [6.45, 7) is 7.91. The molecule has 3 aromatic carbocycles. The van der Waals surface area contributed by atoms with Gasteiger partial charge in [0, 0.05) is 11.4 Å². The Labute approximate surface area is 196 Å². The van der Waals surface area contributed by atoms with Crippen LogP contribution in [-0.4, -0.2) is 20.9 Å². The Kier molecular flexibility index (Phi) is 7.76. The minimum atomic E-state index is -3.74. The molecule has 0 aliphatic heterocycles. The van der Waals surface area contributed by atoms with Gasteiger partial charge in [0.15, 0.2) is 6.61 Å². The highest BCUT2D eigenvalue weighted by molar-refractivity contribution is 7.92. The fraction of sp³-hybridized carbons (Fsp3) is 0.269. The highest BCUT2D eigenvalue weighted by Gasteiger charge is 2.15. The maximum atomic E-state index is 12.7. The Balaban J connectivity index is 1.62. The van der Waals surface area contributed by atoms with Crippen molar-refractivity contribution in [3.63, 3.8) is 0 Å². The third-order valence-electron chi connectivity index (χ3n) is 5.34. The van der Waals surface area contributed by atoms with Crippen molar-refractivity contribution in [1.29, 1.82) is 0 Å². The molecule has 3 rings (SSSR count). The number of ether oxygens (including phenoxy) is 1. The number of amides is 1. The van der Waals surface area contributed by atoms with E-state index < -0.39 is 10.0 Å². The third kappa shape index (κ3) is 6.58. The average Bonchev–Trinajstić information content (AvgIpc) is 2.76. The molecule has 2 N–H and O–H groups in total. The summed E-state index contributed by atoms with van der Waals surface area (Å²) in [6.07, 6.45) is 0.972. The number of benzene rings is 3. The number of sulfonamides is 1. The van der Waals surface area contributed by atoms with E-state index in [0.717, 1.165) is 23.1 Å². The second-order valence-electron chi connectivity index (χ2n) is 8.19. The standard InChI is InChI=1S/C26H30N2O4S/c1-5-20(4)24-8-6-7-9-25(24)32-17-26(29)27-21-10-12-23(13-11-21)33(30,31)28-22-15-18(2)14-19(3)16-22/h6-16,20,28H,5,17H2,1-4H3,(H,27,29)/t20-/m0/s1. The zero-order valence-corrected chi connectivity index (χ0v) is 20.2. The number of para-hydroxylation sites is 1. The van der Waals surface area contributed by atoms with Crippen LogP contribution >= 0.6 is 0 Å². The van der Waals surface area contributed by atoms with Gasteiger partial charge < -0.3 is 10.1 Å². The van der Waals surface area contributed by atoms with Crippen molar-refractivity contribution in [3.8, 4) is 5.75 Å². The number of carbonyl (C=O) groups is 1. The van der Waals surface area contributed by atoms with E-state index in [4.69, 9.17) is 4.74 Å². The molecule has 0 radical (unpaired) electrons. The molecule has 0 spiro atoms. The zero-order valence-electron chi connectivity index (χ0n) is 19.4.